The van der Waals surface area contributed by atoms with Gasteiger partial charge in [0.1, 0.15) is 5.75 Å². The predicted molar refractivity (Wildman–Crippen MR) is 87.5 cm³/mol. The fourth-order valence-corrected chi connectivity index (χ4v) is 2.67. The average Bonchev–Trinajstić information content (AvgIpc) is 3.28. The Labute approximate surface area is 135 Å². The van der Waals surface area contributed by atoms with Gasteiger partial charge in [-0.05, 0) is 55.3 Å². The molecule has 1 aliphatic carbocycles. The Morgan fingerprint density at radius 1 is 1.05 bits per heavy atom. The largest absolute Gasteiger partial charge is 0.490 e. The maximum atomic E-state index is 6.13. The monoisotopic (exact) mass is 321 g/mol. The summed E-state index contributed by atoms with van der Waals surface area (Å²) in [5.74, 6) is 0.926. The molecule has 110 valence electrons. The van der Waals surface area contributed by atoms with E-state index in [0.717, 1.165) is 29.7 Å². The van der Waals surface area contributed by atoms with Gasteiger partial charge in [0.2, 0.25) is 0 Å². The van der Waals surface area contributed by atoms with E-state index >= 15 is 0 Å². The number of hydrogen-bond donors (Lipinski definition) is 1. The fraction of sp³-hybridized carbons (Fsp3) is 0.294. The van der Waals surface area contributed by atoms with Crippen molar-refractivity contribution in [1.29, 1.82) is 0 Å². The minimum Gasteiger partial charge on any atom is -0.490 e. The van der Waals surface area contributed by atoms with E-state index in [1.165, 1.54) is 0 Å². The Kier molecular flexibility index (Phi) is 4.39. The van der Waals surface area contributed by atoms with Crippen LogP contribution in [0.25, 0.3) is 0 Å². The van der Waals surface area contributed by atoms with E-state index in [-0.39, 0.29) is 6.04 Å². The molecule has 21 heavy (non-hydrogen) atoms. The summed E-state index contributed by atoms with van der Waals surface area (Å²) in [5.41, 5.74) is 2.23. The third kappa shape index (κ3) is 3.52. The Morgan fingerprint density at radius 3 is 2.48 bits per heavy atom. The Bertz CT molecular complexity index is 640. The fourth-order valence-electron chi connectivity index (χ4n) is 2.36. The number of hydrogen-bond acceptors (Lipinski definition) is 2. The van der Waals surface area contributed by atoms with Crippen LogP contribution in [0.15, 0.2) is 42.5 Å². The first-order chi connectivity index (χ1) is 10.2. The average molecular weight is 322 g/mol. The molecular weight excluding hydrogens is 305 g/mol. The van der Waals surface area contributed by atoms with Crippen molar-refractivity contribution in [3.8, 4) is 5.75 Å². The lowest BCUT2D eigenvalue weighted by molar-refractivity contribution is 0.302. The van der Waals surface area contributed by atoms with Gasteiger partial charge in [-0.25, -0.2) is 0 Å². The van der Waals surface area contributed by atoms with Crippen LogP contribution >= 0.6 is 23.2 Å². The molecule has 1 unspecified atom stereocenters. The van der Waals surface area contributed by atoms with Crippen molar-refractivity contribution in [2.24, 2.45) is 0 Å². The topological polar surface area (TPSA) is 21.3 Å². The smallest absolute Gasteiger partial charge is 0.120 e. The van der Waals surface area contributed by atoms with E-state index in [1.807, 2.05) is 37.4 Å². The molecule has 0 radical (unpaired) electrons. The Hall–Kier alpha value is -1.22. The van der Waals surface area contributed by atoms with E-state index in [1.54, 1.807) is 0 Å². The summed E-state index contributed by atoms with van der Waals surface area (Å²) < 4.78 is 5.86. The van der Waals surface area contributed by atoms with Crippen LogP contribution < -0.4 is 10.1 Å². The van der Waals surface area contributed by atoms with Crippen molar-refractivity contribution < 1.29 is 4.74 Å². The minimum atomic E-state index is 0.0579. The zero-order valence-corrected chi connectivity index (χ0v) is 13.3. The van der Waals surface area contributed by atoms with Crippen LogP contribution in [-0.4, -0.2) is 13.2 Å². The molecule has 1 N–H and O–H groups in total. The van der Waals surface area contributed by atoms with E-state index in [0.29, 0.717) is 16.1 Å². The predicted octanol–water partition coefficient (Wildman–Crippen LogP) is 4.84. The summed E-state index contributed by atoms with van der Waals surface area (Å²) >= 11 is 12.1. The van der Waals surface area contributed by atoms with E-state index in [2.05, 4.69) is 17.4 Å². The van der Waals surface area contributed by atoms with Gasteiger partial charge in [-0.3, -0.25) is 0 Å². The normalized spacial score (nSPS) is 15.8. The van der Waals surface area contributed by atoms with Crippen molar-refractivity contribution in [1.82, 2.24) is 5.32 Å². The van der Waals surface area contributed by atoms with Crippen LogP contribution in [0.1, 0.15) is 30.0 Å². The molecule has 1 aliphatic rings. The maximum absolute atomic E-state index is 6.13. The number of rotatable bonds is 5. The van der Waals surface area contributed by atoms with Crippen LogP contribution in [0.4, 0.5) is 0 Å². The third-order valence-corrected chi connectivity index (χ3v) is 4.32. The molecule has 0 aliphatic heterocycles. The van der Waals surface area contributed by atoms with Crippen molar-refractivity contribution in [3.63, 3.8) is 0 Å². The molecule has 0 heterocycles. The van der Waals surface area contributed by atoms with Crippen molar-refractivity contribution in [3.05, 3.63) is 63.6 Å². The molecule has 0 amide bonds. The molecule has 0 spiro atoms. The highest BCUT2D eigenvalue weighted by atomic mass is 35.5. The third-order valence-electron chi connectivity index (χ3n) is 3.58. The Balaban J connectivity index is 1.89. The number of ether oxygens (including phenoxy) is 1. The van der Waals surface area contributed by atoms with Crippen LogP contribution in [0.3, 0.4) is 0 Å². The molecule has 3 rings (SSSR count). The lowest BCUT2D eigenvalue weighted by atomic mass is 9.99. The van der Waals surface area contributed by atoms with Gasteiger partial charge < -0.3 is 10.1 Å². The van der Waals surface area contributed by atoms with Crippen molar-refractivity contribution in [2.45, 2.75) is 25.0 Å². The van der Waals surface area contributed by atoms with Crippen LogP contribution in [-0.2, 0) is 0 Å². The molecule has 0 bridgehead atoms. The highest BCUT2D eigenvalue weighted by Crippen LogP contribution is 2.32. The maximum Gasteiger partial charge on any atom is 0.120 e. The summed E-state index contributed by atoms with van der Waals surface area (Å²) in [6.07, 6.45) is 2.72. The van der Waals surface area contributed by atoms with Crippen LogP contribution in [0, 0.1) is 0 Å². The lowest BCUT2D eigenvalue weighted by Crippen LogP contribution is -2.17. The van der Waals surface area contributed by atoms with Gasteiger partial charge in [-0.2, -0.15) is 0 Å². The van der Waals surface area contributed by atoms with Crippen LogP contribution in [0.2, 0.25) is 10.0 Å². The van der Waals surface area contributed by atoms with Gasteiger partial charge in [0, 0.05) is 0 Å². The van der Waals surface area contributed by atoms with Gasteiger partial charge in [-0.1, -0.05) is 41.4 Å². The van der Waals surface area contributed by atoms with E-state index in [4.69, 9.17) is 27.9 Å². The quantitative estimate of drug-likeness (QED) is 0.850. The second-order valence-corrected chi connectivity index (χ2v) is 6.10. The van der Waals surface area contributed by atoms with E-state index in [9.17, 15) is 0 Å². The second-order valence-electron chi connectivity index (χ2n) is 5.28. The molecule has 0 aromatic heterocycles. The van der Waals surface area contributed by atoms with E-state index < -0.39 is 0 Å². The van der Waals surface area contributed by atoms with Crippen molar-refractivity contribution in [2.75, 3.05) is 7.05 Å². The molecule has 1 atom stereocenters. The summed E-state index contributed by atoms with van der Waals surface area (Å²) in [6, 6.07) is 14.0. The van der Waals surface area contributed by atoms with Crippen molar-refractivity contribution >= 4 is 23.2 Å². The minimum absolute atomic E-state index is 0.0579. The highest BCUT2D eigenvalue weighted by molar-refractivity contribution is 6.42. The molecule has 0 saturated heterocycles. The molecule has 4 heteroatoms. The molecule has 2 aromatic carbocycles. The van der Waals surface area contributed by atoms with Gasteiger partial charge in [0.15, 0.2) is 0 Å². The standard InChI is InChI=1S/C17H17Cl2NO/c1-20-17(12-5-8-15(18)16(19)10-12)11-3-2-4-14(9-11)21-13-6-7-13/h2-5,8-10,13,17,20H,6-7H2,1H3. The van der Waals surface area contributed by atoms with Gasteiger partial charge in [0.05, 0.1) is 22.2 Å². The van der Waals surface area contributed by atoms with Gasteiger partial charge in [-0.15, -0.1) is 0 Å². The molecule has 1 saturated carbocycles. The molecule has 2 aromatic rings. The Morgan fingerprint density at radius 2 is 1.81 bits per heavy atom. The molecule has 2 nitrogen and oxygen atoms in total. The zero-order valence-electron chi connectivity index (χ0n) is 11.8. The summed E-state index contributed by atoms with van der Waals surface area (Å²) in [6.45, 7) is 0. The van der Waals surface area contributed by atoms with Crippen LogP contribution in [0.5, 0.6) is 5.75 Å². The number of nitrogens with one attached hydrogen (secondary N) is 1. The first kappa shape index (κ1) is 14.7. The van der Waals surface area contributed by atoms with Gasteiger partial charge >= 0.3 is 0 Å². The summed E-state index contributed by atoms with van der Waals surface area (Å²) in [7, 11) is 1.93. The molecular formula is C17H17Cl2NO. The SMILES string of the molecule is CNC(c1cccc(OC2CC2)c1)c1ccc(Cl)c(Cl)c1. The van der Waals surface area contributed by atoms with Gasteiger partial charge in [0.25, 0.3) is 0 Å². The lowest BCUT2D eigenvalue weighted by Gasteiger charge is -2.19. The summed E-state index contributed by atoms with van der Waals surface area (Å²) in [5, 5.41) is 4.46. The number of benzene rings is 2. The first-order valence-electron chi connectivity index (χ1n) is 7.06. The summed E-state index contributed by atoms with van der Waals surface area (Å²) in [4.78, 5) is 0. The number of halogens is 2. The molecule has 1 fully saturated rings. The zero-order chi connectivity index (χ0) is 14.8. The highest BCUT2D eigenvalue weighted by Gasteiger charge is 2.24. The first-order valence-corrected chi connectivity index (χ1v) is 7.82. The second kappa shape index (κ2) is 6.27.